The lowest BCUT2D eigenvalue weighted by Crippen LogP contribution is -2.56. The molecule has 0 radical (unpaired) electrons. The maximum Gasteiger partial charge on any atom is 0.234 e. The number of hydrogen-bond acceptors (Lipinski definition) is 3. The first kappa shape index (κ1) is 15.4. The first-order valence-electron chi connectivity index (χ1n) is 6.93. The van der Waals surface area contributed by atoms with Crippen molar-refractivity contribution < 1.29 is 9.90 Å². The molecule has 0 saturated heterocycles. The van der Waals surface area contributed by atoms with Crippen molar-refractivity contribution in [3.8, 4) is 0 Å². The largest absolute Gasteiger partial charge is 0.394 e. The van der Waals surface area contributed by atoms with Crippen molar-refractivity contribution in [2.45, 2.75) is 64.5 Å². The van der Waals surface area contributed by atoms with Gasteiger partial charge in [-0.05, 0) is 39.5 Å². The van der Waals surface area contributed by atoms with Crippen LogP contribution in [0.25, 0.3) is 0 Å². The number of carbonyl (C=O) groups is 1. The standard InChI is InChI=1S/C14H28N2O2/c1-11-6-5-7-14(8-11,10-17)16-12(18)9-15-13(2,3)4/h11,15,17H,5-10H2,1-4H3,(H,16,18). The molecule has 1 aliphatic carbocycles. The van der Waals surface area contributed by atoms with Gasteiger partial charge in [0.05, 0.1) is 18.7 Å². The molecule has 1 rings (SSSR count). The van der Waals surface area contributed by atoms with Crippen LogP contribution in [-0.2, 0) is 4.79 Å². The zero-order valence-electron chi connectivity index (χ0n) is 12.2. The molecule has 0 aromatic rings. The number of nitrogens with one attached hydrogen (secondary N) is 2. The molecule has 1 aliphatic rings. The third-order valence-electron chi connectivity index (χ3n) is 3.58. The van der Waals surface area contributed by atoms with E-state index >= 15 is 0 Å². The molecule has 1 saturated carbocycles. The van der Waals surface area contributed by atoms with Crippen molar-refractivity contribution >= 4 is 5.91 Å². The van der Waals surface area contributed by atoms with Crippen LogP contribution in [-0.4, -0.2) is 35.2 Å². The van der Waals surface area contributed by atoms with Gasteiger partial charge < -0.3 is 15.7 Å². The van der Waals surface area contributed by atoms with Crippen LogP contribution in [0.1, 0.15) is 53.4 Å². The molecule has 0 heterocycles. The molecule has 4 heteroatoms. The summed E-state index contributed by atoms with van der Waals surface area (Å²) in [5.74, 6) is 0.551. The molecule has 1 amide bonds. The van der Waals surface area contributed by atoms with Crippen LogP contribution in [0, 0.1) is 5.92 Å². The van der Waals surface area contributed by atoms with Gasteiger partial charge in [0.15, 0.2) is 0 Å². The zero-order valence-corrected chi connectivity index (χ0v) is 12.2. The lowest BCUT2D eigenvalue weighted by molar-refractivity contribution is -0.123. The van der Waals surface area contributed by atoms with E-state index in [2.05, 4.69) is 17.6 Å². The Morgan fingerprint density at radius 2 is 2.11 bits per heavy atom. The topological polar surface area (TPSA) is 61.4 Å². The molecule has 3 N–H and O–H groups in total. The van der Waals surface area contributed by atoms with Gasteiger partial charge in [-0.25, -0.2) is 0 Å². The number of amides is 1. The Kier molecular flexibility index (Phi) is 5.17. The van der Waals surface area contributed by atoms with Gasteiger partial charge in [0, 0.05) is 5.54 Å². The normalized spacial score (nSPS) is 29.1. The average Bonchev–Trinajstić information content (AvgIpc) is 2.25. The fourth-order valence-electron chi connectivity index (χ4n) is 2.64. The van der Waals surface area contributed by atoms with Crippen molar-refractivity contribution in [2.75, 3.05) is 13.2 Å². The molecule has 1 fully saturated rings. The van der Waals surface area contributed by atoms with E-state index in [1.54, 1.807) is 0 Å². The molecule has 106 valence electrons. The van der Waals surface area contributed by atoms with Crippen molar-refractivity contribution in [3.63, 3.8) is 0 Å². The summed E-state index contributed by atoms with van der Waals surface area (Å²) in [4.78, 5) is 11.9. The minimum Gasteiger partial charge on any atom is -0.394 e. The molecule has 2 unspecified atom stereocenters. The van der Waals surface area contributed by atoms with Crippen molar-refractivity contribution in [1.29, 1.82) is 0 Å². The van der Waals surface area contributed by atoms with Gasteiger partial charge in [0.25, 0.3) is 0 Å². The summed E-state index contributed by atoms with van der Waals surface area (Å²) >= 11 is 0. The molecule has 18 heavy (non-hydrogen) atoms. The first-order valence-corrected chi connectivity index (χ1v) is 6.93. The van der Waals surface area contributed by atoms with Crippen LogP contribution >= 0.6 is 0 Å². The zero-order chi connectivity index (χ0) is 13.8. The van der Waals surface area contributed by atoms with Crippen LogP contribution in [0.15, 0.2) is 0 Å². The second-order valence-electron chi connectivity index (χ2n) is 6.79. The highest BCUT2D eigenvalue weighted by molar-refractivity contribution is 5.79. The molecule has 0 bridgehead atoms. The van der Waals surface area contributed by atoms with E-state index in [1.165, 1.54) is 6.42 Å². The third kappa shape index (κ3) is 4.94. The summed E-state index contributed by atoms with van der Waals surface area (Å²) in [7, 11) is 0. The highest BCUT2D eigenvalue weighted by atomic mass is 16.3. The second kappa shape index (κ2) is 6.02. The minimum absolute atomic E-state index is 0.0203. The fourth-order valence-corrected chi connectivity index (χ4v) is 2.64. The molecule has 4 nitrogen and oxygen atoms in total. The van der Waals surface area contributed by atoms with Crippen LogP contribution in [0.5, 0.6) is 0 Å². The smallest absolute Gasteiger partial charge is 0.234 e. The van der Waals surface area contributed by atoms with E-state index in [0.717, 1.165) is 19.3 Å². The number of rotatable bonds is 4. The molecular formula is C14H28N2O2. The van der Waals surface area contributed by atoms with Crippen molar-refractivity contribution in [3.05, 3.63) is 0 Å². The fraction of sp³-hybridized carbons (Fsp3) is 0.929. The molecule has 0 aromatic carbocycles. The second-order valence-corrected chi connectivity index (χ2v) is 6.79. The summed E-state index contributed by atoms with van der Waals surface area (Å²) in [6.07, 6.45) is 4.03. The third-order valence-corrected chi connectivity index (χ3v) is 3.58. The first-order chi connectivity index (χ1) is 8.26. The van der Waals surface area contributed by atoms with Crippen LogP contribution < -0.4 is 10.6 Å². The van der Waals surface area contributed by atoms with Crippen LogP contribution in [0.4, 0.5) is 0 Å². The van der Waals surface area contributed by atoms with E-state index in [0.29, 0.717) is 12.5 Å². The number of aliphatic hydroxyl groups excluding tert-OH is 1. The monoisotopic (exact) mass is 256 g/mol. The van der Waals surface area contributed by atoms with Gasteiger partial charge in [-0.1, -0.05) is 19.8 Å². The SMILES string of the molecule is CC1CCCC(CO)(NC(=O)CNC(C)(C)C)C1. The predicted octanol–water partition coefficient (Wildman–Crippen LogP) is 1.43. The average molecular weight is 256 g/mol. The Labute approximate surface area is 111 Å². The summed E-state index contributed by atoms with van der Waals surface area (Å²) in [5.41, 5.74) is -0.460. The number of aliphatic hydroxyl groups is 1. The van der Waals surface area contributed by atoms with E-state index in [-0.39, 0.29) is 18.1 Å². The Morgan fingerprint density at radius 1 is 1.44 bits per heavy atom. The molecule has 0 spiro atoms. The number of carbonyl (C=O) groups excluding carboxylic acids is 1. The van der Waals surface area contributed by atoms with Gasteiger partial charge in [-0.2, -0.15) is 0 Å². The lowest BCUT2D eigenvalue weighted by atomic mass is 9.77. The molecule has 0 aromatic heterocycles. The Bertz CT molecular complexity index is 286. The highest BCUT2D eigenvalue weighted by Gasteiger charge is 2.35. The van der Waals surface area contributed by atoms with Gasteiger partial charge in [-0.3, -0.25) is 4.79 Å². The molecule has 0 aliphatic heterocycles. The minimum atomic E-state index is -0.395. The van der Waals surface area contributed by atoms with Gasteiger partial charge in [0.2, 0.25) is 5.91 Å². The summed E-state index contributed by atoms with van der Waals surface area (Å²) in [6, 6.07) is 0. The molecular weight excluding hydrogens is 228 g/mol. The van der Waals surface area contributed by atoms with E-state index in [9.17, 15) is 9.90 Å². The maximum atomic E-state index is 11.9. The molecule has 2 atom stereocenters. The summed E-state index contributed by atoms with van der Waals surface area (Å²) in [5, 5.41) is 15.8. The Balaban J connectivity index is 2.49. The van der Waals surface area contributed by atoms with Gasteiger partial charge >= 0.3 is 0 Å². The van der Waals surface area contributed by atoms with E-state index in [1.807, 2.05) is 20.8 Å². The lowest BCUT2D eigenvalue weighted by Gasteiger charge is -2.39. The number of hydrogen-bond donors (Lipinski definition) is 3. The van der Waals surface area contributed by atoms with Crippen molar-refractivity contribution in [2.24, 2.45) is 5.92 Å². The quantitative estimate of drug-likeness (QED) is 0.713. The van der Waals surface area contributed by atoms with Crippen LogP contribution in [0.2, 0.25) is 0 Å². The van der Waals surface area contributed by atoms with Gasteiger partial charge in [-0.15, -0.1) is 0 Å². The Hall–Kier alpha value is -0.610. The highest BCUT2D eigenvalue weighted by Crippen LogP contribution is 2.31. The summed E-state index contributed by atoms with van der Waals surface area (Å²) in [6.45, 7) is 8.63. The predicted molar refractivity (Wildman–Crippen MR) is 73.3 cm³/mol. The summed E-state index contributed by atoms with van der Waals surface area (Å²) < 4.78 is 0. The van der Waals surface area contributed by atoms with Crippen LogP contribution in [0.3, 0.4) is 0 Å². The maximum absolute atomic E-state index is 11.9. The van der Waals surface area contributed by atoms with Crippen molar-refractivity contribution in [1.82, 2.24) is 10.6 Å². The van der Waals surface area contributed by atoms with E-state index < -0.39 is 5.54 Å². The Morgan fingerprint density at radius 3 is 2.61 bits per heavy atom. The van der Waals surface area contributed by atoms with E-state index in [4.69, 9.17) is 0 Å². The van der Waals surface area contributed by atoms with Gasteiger partial charge in [0.1, 0.15) is 0 Å².